The number of nitrogens with zero attached hydrogens (tertiary/aromatic N) is 1. The number of hydrogen-bond donors (Lipinski definition) is 0. The smallest absolute Gasteiger partial charge is 0.297 e. The molecule has 5 nitrogen and oxygen atoms in total. The summed E-state index contributed by atoms with van der Waals surface area (Å²) in [6, 6.07) is 6.05. The Kier molecular flexibility index (Phi) is 17.8. The summed E-state index contributed by atoms with van der Waals surface area (Å²) >= 11 is 0. The van der Waals surface area contributed by atoms with Gasteiger partial charge in [-0.05, 0) is 71.1 Å². The highest BCUT2D eigenvalue weighted by molar-refractivity contribution is 5.89. The summed E-state index contributed by atoms with van der Waals surface area (Å²) in [5, 5.41) is 0.905. The monoisotopic (exact) mass is 581 g/mol. The highest BCUT2D eigenvalue weighted by atomic mass is 16.5. The molecular weight excluding hydrogens is 522 g/mol. The van der Waals surface area contributed by atoms with Crippen molar-refractivity contribution in [2.75, 3.05) is 19.8 Å². The maximum Gasteiger partial charge on any atom is 0.297 e. The van der Waals surface area contributed by atoms with Crippen molar-refractivity contribution in [2.24, 2.45) is 0 Å². The van der Waals surface area contributed by atoms with Crippen LogP contribution in [0.4, 0.5) is 0 Å². The molecular formula is C37H59NO4. The third kappa shape index (κ3) is 12.7. The molecule has 0 aliphatic carbocycles. The summed E-state index contributed by atoms with van der Waals surface area (Å²) in [6.45, 7) is 15.3. The van der Waals surface area contributed by atoms with Crippen LogP contribution >= 0.6 is 0 Å². The van der Waals surface area contributed by atoms with Gasteiger partial charge in [0.15, 0.2) is 5.75 Å². The van der Waals surface area contributed by atoms with Crippen molar-refractivity contribution in [2.45, 2.75) is 138 Å². The maximum atomic E-state index is 14.1. The Balaban J connectivity index is 2.44. The highest BCUT2D eigenvalue weighted by Gasteiger charge is 2.20. The van der Waals surface area contributed by atoms with Gasteiger partial charge in [-0.25, -0.2) is 0 Å². The lowest BCUT2D eigenvalue weighted by atomic mass is 10.1. The molecule has 236 valence electrons. The third-order valence-electron chi connectivity index (χ3n) is 7.65. The van der Waals surface area contributed by atoms with Gasteiger partial charge < -0.3 is 18.8 Å². The average Bonchev–Trinajstić information content (AvgIpc) is 2.97. The summed E-state index contributed by atoms with van der Waals surface area (Å²) in [4.78, 5) is 14.1. The molecule has 0 radical (unpaired) electrons. The lowest BCUT2D eigenvalue weighted by molar-refractivity contribution is 0.272. The van der Waals surface area contributed by atoms with Gasteiger partial charge in [0.05, 0.1) is 18.7 Å². The molecule has 0 atom stereocenters. The molecule has 0 unspecified atom stereocenters. The molecule has 0 saturated carbocycles. The van der Waals surface area contributed by atoms with Crippen LogP contribution in [0.15, 0.2) is 46.3 Å². The van der Waals surface area contributed by atoms with Crippen LogP contribution in [0.3, 0.4) is 0 Å². The number of fused-ring (bicyclic) bond motifs is 1. The first-order valence-electron chi connectivity index (χ1n) is 16.8. The zero-order valence-electron chi connectivity index (χ0n) is 27.7. The summed E-state index contributed by atoms with van der Waals surface area (Å²) in [7, 11) is 0. The van der Waals surface area contributed by atoms with Crippen molar-refractivity contribution >= 4 is 10.9 Å². The van der Waals surface area contributed by atoms with Gasteiger partial charge in [-0.2, -0.15) is 0 Å². The first-order valence-corrected chi connectivity index (χ1v) is 16.8. The number of hydrogen-bond acceptors (Lipinski definition) is 4. The van der Waals surface area contributed by atoms with Gasteiger partial charge in [0.1, 0.15) is 12.4 Å². The van der Waals surface area contributed by atoms with Gasteiger partial charge in [0.2, 0.25) is 5.75 Å². The number of benzene rings is 1. The van der Waals surface area contributed by atoms with E-state index in [1.807, 2.05) is 22.8 Å². The Morgan fingerprint density at radius 1 is 0.738 bits per heavy atom. The fourth-order valence-corrected chi connectivity index (χ4v) is 5.01. The van der Waals surface area contributed by atoms with E-state index in [-0.39, 0.29) is 5.56 Å². The Morgan fingerprint density at radius 2 is 1.40 bits per heavy atom. The third-order valence-corrected chi connectivity index (χ3v) is 7.65. The molecule has 0 saturated heterocycles. The molecule has 0 bridgehead atoms. The number of pyridine rings is 1. The number of ether oxygens (including phenoxy) is 3. The Labute approximate surface area is 256 Å². The number of aromatic nitrogens is 1. The number of allylic oxidation sites excluding steroid dienone is 3. The molecule has 0 fully saturated rings. The summed E-state index contributed by atoms with van der Waals surface area (Å²) in [5.74, 6) is 1.69. The molecule has 0 aliphatic rings. The maximum absolute atomic E-state index is 14.1. The highest BCUT2D eigenvalue weighted by Crippen LogP contribution is 2.35. The van der Waals surface area contributed by atoms with E-state index in [2.05, 4.69) is 53.7 Å². The van der Waals surface area contributed by atoms with Gasteiger partial charge in [0, 0.05) is 18.0 Å². The molecule has 42 heavy (non-hydrogen) atoms. The quantitative estimate of drug-likeness (QED) is 0.0967. The molecule has 0 amide bonds. The number of unbranched alkanes of at least 4 members (excludes halogenated alkanes) is 9. The Bertz CT molecular complexity index is 1160. The SMILES string of the molecule is CCCCCCCCn1c(=O)c(OCCCCCC)c(OC/C=C(\C)CCC=C(C)C)c2ccc(OCCCC)cc21. The van der Waals surface area contributed by atoms with E-state index in [4.69, 9.17) is 14.2 Å². The fourth-order valence-electron chi connectivity index (χ4n) is 5.01. The van der Waals surface area contributed by atoms with E-state index >= 15 is 0 Å². The molecule has 0 spiro atoms. The minimum absolute atomic E-state index is 0.100. The second kappa shape index (κ2) is 21.1. The van der Waals surface area contributed by atoms with Gasteiger partial charge in [-0.3, -0.25) is 4.79 Å². The first-order chi connectivity index (χ1) is 20.4. The number of rotatable bonds is 23. The predicted molar refractivity (Wildman–Crippen MR) is 180 cm³/mol. The zero-order chi connectivity index (χ0) is 30.6. The predicted octanol–water partition coefficient (Wildman–Crippen LogP) is 10.6. The molecule has 1 heterocycles. The molecule has 2 aromatic rings. The van der Waals surface area contributed by atoms with Crippen LogP contribution < -0.4 is 19.8 Å². The normalized spacial score (nSPS) is 11.6. The standard InChI is InChI=1S/C37H59NO4/c1-7-10-13-15-16-17-25-38-34-29-32(40-26-12-9-3)22-23-33(34)35(36(37(38)39)41-27-18-14-11-8-2)42-28-24-31(6)21-19-20-30(4)5/h20,22-24,29H,7-19,21,25-28H2,1-6H3/b31-24+. The van der Waals surface area contributed by atoms with Crippen molar-refractivity contribution in [3.63, 3.8) is 0 Å². The van der Waals surface area contributed by atoms with Crippen molar-refractivity contribution < 1.29 is 14.2 Å². The van der Waals surface area contributed by atoms with Gasteiger partial charge in [-0.1, -0.05) is 95.8 Å². The second-order valence-electron chi connectivity index (χ2n) is 11.9. The topological polar surface area (TPSA) is 49.7 Å². The van der Waals surface area contributed by atoms with Crippen LogP contribution in [-0.4, -0.2) is 24.4 Å². The largest absolute Gasteiger partial charge is 0.494 e. The lowest BCUT2D eigenvalue weighted by Gasteiger charge is -2.19. The van der Waals surface area contributed by atoms with Crippen molar-refractivity contribution in [1.82, 2.24) is 4.57 Å². The summed E-state index contributed by atoms with van der Waals surface area (Å²) < 4.78 is 20.6. The van der Waals surface area contributed by atoms with E-state index < -0.39 is 0 Å². The number of aryl methyl sites for hydroxylation is 1. The van der Waals surface area contributed by atoms with E-state index in [0.29, 0.717) is 37.9 Å². The van der Waals surface area contributed by atoms with E-state index in [1.165, 1.54) is 43.3 Å². The Hall–Kier alpha value is -2.69. The molecule has 1 aromatic heterocycles. The molecule has 5 heteroatoms. The van der Waals surface area contributed by atoms with Crippen LogP contribution in [0.5, 0.6) is 17.2 Å². The lowest BCUT2D eigenvalue weighted by Crippen LogP contribution is -2.24. The summed E-state index contributed by atoms with van der Waals surface area (Å²) in [6.07, 6.45) is 19.9. The first kappa shape index (κ1) is 35.5. The van der Waals surface area contributed by atoms with Crippen LogP contribution in [0.25, 0.3) is 10.9 Å². The molecule has 2 rings (SSSR count). The molecule has 0 aliphatic heterocycles. The zero-order valence-corrected chi connectivity index (χ0v) is 27.7. The average molecular weight is 582 g/mol. The van der Waals surface area contributed by atoms with Crippen molar-refractivity contribution in [3.05, 3.63) is 51.9 Å². The minimum Gasteiger partial charge on any atom is -0.494 e. The van der Waals surface area contributed by atoms with Crippen molar-refractivity contribution in [3.8, 4) is 17.2 Å². The Morgan fingerprint density at radius 3 is 2.12 bits per heavy atom. The van der Waals surface area contributed by atoms with Crippen LogP contribution in [0.1, 0.15) is 131 Å². The van der Waals surface area contributed by atoms with E-state index in [0.717, 1.165) is 74.4 Å². The van der Waals surface area contributed by atoms with Crippen molar-refractivity contribution in [1.29, 1.82) is 0 Å². The van der Waals surface area contributed by atoms with E-state index in [9.17, 15) is 4.79 Å². The van der Waals surface area contributed by atoms with Crippen LogP contribution in [-0.2, 0) is 6.54 Å². The van der Waals surface area contributed by atoms with Gasteiger partial charge in [0.25, 0.3) is 5.56 Å². The van der Waals surface area contributed by atoms with Crippen LogP contribution in [0, 0.1) is 0 Å². The second-order valence-corrected chi connectivity index (χ2v) is 11.9. The fraction of sp³-hybridized carbons (Fsp3) is 0.649. The summed E-state index contributed by atoms with van der Waals surface area (Å²) in [5.41, 5.74) is 3.38. The minimum atomic E-state index is -0.100. The molecule has 1 aromatic carbocycles. The van der Waals surface area contributed by atoms with Gasteiger partial charge in [-0.15, -0.1) is 0 Å². The van der Waals surface area contributed by atoms with Crippen LogP contribution in [0.2, 0.25) is 0 Å². The molecule has 0 N–H and O–H groups in total. The van der Waals surface area contributed by atoms with E-state index in [1.54, 1.807) is 0 Å². The van der Waals surface area contributed by atoms with Gasteiger partial charge >= 0.3 is 0 Å².